The van der Waals surface area contributed by atoms with Gasteiger partial charge in [0.25, 0.3) is 0 Å². The lowest BCUT2D eigenvalue weighted by Crippen LogP contribution is -2.39. The molecule has 0 aliphatic heterocycles. The lowest BCUT2D eigenvalue weighted by Gasteiger charge is -2.40. The summed E-state index contributed by atoms with van der Waals surface area (Å²) in [6.07, 6.45) is 0. The Hall–Kier alpha value is 0.150. The molecule has 0 N–H and O–H groups in total. The highest BCUT2D eigenvalue weighted by molar-refractivity contribution is 8.22. The third-order valence-corrected chi connectivity index (χ3v) is 5.63. The van der Waals surface area contributed by atoms with Crippen LogP contribution in [0.1, 0.15) is 33.3 Å². The van der Waals surface area contributed by atoms with E-state index in [9.17, 15) is 0 Å². The standard InChI is InChI=1S/C12H16Cl2S/c1-11(2,12(3,4)15-14)9-7-5-6-8-10(9)13/h5-8H,1-4H3. The zero-order valence-electron chi connectivity index (χ0n) is 9.47. The molecule has 0 heterocycles. The first kappa shape index (κ1) is 13.2. The molecule has 0 amide bonds. The molecule has 3 heteroatoms. The molecular formula is C12H16Cl2S. The van der Waals surface area contributed by atoms with E-state index in [-0.39, 0.29) is 10.2 Å². The molecule has 0 saturated carbocycles. The Bertz CT molecular complexity index is 345. The van der Waals surface area contributed by atoms with E-state index >= 15 is 0 Å². The lowest BCUT2D eigenvalue weighted by atomic mass is 9.74. The van der Waals surface area contributed by atoms with Crippen LogP contribution < -0.4 is 0 Å². The van der Waals surface area contributed by atoms with Gasteiger partial charge in [-0.1, -0.05) is 43.6 Å². The Balaban J connectivity index is 3.22. The Kier molecular flexibility index (Phi) is 4.02. The Morgan fingerprint density at radius 2 is 1.60 bits per heavy atom. The third kappa shape index (κ3) is 2.46. The fourth-order valence-corrected chi connectivity index (χ4v) is 2.64. The predicted molar refractivity (Wildman–Crippen MR) is 72.0 cm³/mol. The molecule has 0 atom stereocenters. The van der Waals surface area contributed by atoms with E-state index in [1.54, 1.807) is 0 Å². The van der Waals surface area contributed by atoms with E-state index in [1.165, 1.54) is 11.0 Å². The lowest BCUT2D eigenvalue weighted by molar-refractivity contribution is 0.414. The second-order valence-electron chi connectivity index (χ2n) is 4.69. The molecule has 0 aliphatic carbocycles. The summed E-state index contributed by atoms with van der Waals surface area (Å²) in [6.45, 7) is 8.61. The van der Waals surface area contributed by atoms with Crippen LogP contribution in [0.3, 0.4) is 0 Å². The van der Waals surface area contributed by atoms with Crippen molar-refractivity contribution in [1.29, 1.82) is 0 Å². The van der Waals surface area contributed by atoms with Crippen molar-refractivity contribution in [2.24, 2.45) is 0 Å². The van der Waals surface area contributed by atoms with Crippen molar-refractivity contribution in [1.82, 2.24) is 0 Å². The molecule has 1 rings (SSSR count). The highest BCUT2D eigenvalue weighted by atomic mass is 35.7. The Morgan fingerprint density at radius 3 is 2.07 bits per heavy atom. The number of halogens is 2. The van der Waals surface area contributed by atoms with Gasteiger partial charge in [-0.2, -0.15) is 0 Å². The van der Waals surface area contributed by atoms with Gasteiger partial charge in [-0.25, -0.2) is 0 Å². The van der Waals surface area contributed by atoms with Gasteiger partial charge in [0.05, 0.1) is 0 Å². The first-order valence-corrected chi connectivity index (χ1v) is 6.90. The number of rotatable bonds is 3. The van der Waals surface area contributed by atoms with E-state index in [4.69, 9.17) is 22.3 Å². The minimum atomic E-state index is -0.0717. The highest BCUT2D eigenvalue weighted by Crippen LogP contribution is 2.47. The summed E-state index contributed by atoms with van der Waals surface area (Å²) in [4.78, 5) is 0. The van der Waals surface area contributed by atoms with Crippen LogP contribution in [0, 0.1) is 0 Å². The van der Waals surface area contributed by atoms with Gasteiger partial charge in [-0.3, -0.25) is 0 Å². The molecule has 0 unspecified atom stereocenters. The predicted octanol–water partition coefficient (Wildman–Crippen LogP) is 5.28. The normalized spacial score (nSPS) is 12.9. The van der Waals surface area contributed by atoms with E-state index in [0.717, 1.165) is 10.6 Å². The summed E-state index contributed by atoms with van der Waals surface area (Å²) in [7, 11) is 7.30. The summed E-state index contributed by atoms with van der Waals surface area (Å²) in [6, 6.07) is 7.95. The minimum absolute atomic E-state index is 0.0699. The van der Waals surface area contributed by atoms with Crippen molar-refractivity contribution in [3.05, 3.63) is 34.9 Å². The van der Waals surface area contributed by atoms with Crippen LogP contribution in [0.15, 0.2) is 24.3 Å². The fraction of sp³-hybridized carbons (Fsp3) is 0.500. The minimum Gasteiger partial charge on any atom is -0.0840 e. The van der Waals surface area contributed by atoms with Crippen LogP contribution in [0.2, 0.25) is 5.02 Å². The molecule has 0 nitrogen and oxygen atoms in total. The van der Waals surface area contributed by atoms with Crippen LogP contribution in [-0.4, -0.2) is 4.75 Å². The van der Waals surface area contributed by atoms with Crippen molar-refractivity contribution >= 4 is 33.3 Å². The van der Waals surface area contributed by atoms with Gasteiger partial charge in [0.15, 0.2) is 0 Å². The third-order valence-electron chi connectivity index (χ3n) is 3.25. The first-order valence-electron chi connectivity index (χ1n) is 4.87. The zero-order valence-corrected chi connectivity index (χ0v) is 11.8. The molecule has 0 aliphatic rings. The highest BCUT2D eigenvalue weighted by Gasteiger charge is 2.39. The van der Waals surface area contributed by atoms with Gasteiger partial charge in [-0.05, 0) is 47.1 Å². The van der Waals surface area contributed by atoms with Gasteiger partial charge in [0, 0.05) is 15.2 Å². The summed E-state index contributed by atoms with van der Waals surface area (Å²) in [5.74, 6) is 0. The van der Waals surface area contributed by atoms with Crippen LogP contribution in [0.4, 0.5) is 0 Å². The summed E-state index contributed by atoms with van der Waals surface area (Å²) in [5.41, 5.74) is 1.07. The molecule has 1 aromatic rings. The number of benzene rings is 1. The zero-order chi connectivity index (χ0) is 11.7. The molecule has 84 valence electrons. The molecule has 0 spiro atoms. The average molecular weight is 263 g/mol. The maximum atomic E-state index is 6.22. The van der Waals surface area contributed by atoms with Crippen molar-refractivity contribution in [2.45, 2.75) is 37.9 Å². The van der Waals surface area contributed by atoms with Crippen LogP contribution in [0.25, 0.3) is 0 Å². The molecule has 15 heavy (non-hydrogen) atoms. The number of hydrogen-bond donors (Lipinski definition) is 0. The summed E-state index contributed by atoms with van der Waals surface area (Å²) in [5, 5.41) is 0.807. The second kappa shape index (κ2) is 4.57. The van der Waals surface area contributed by atoms with Crippen molar-refractivity contribution < 1.29 is 0 Å². The second-order valence-corrected chi connectivity index (χ2v) is 6.74. The quantitative estimate of drug-likeness (QED) is 0.714. The van der Waals surface area contributed by atoms with Gasteiger partial charge < -0.3 is 0 Å². The van der Waals surface area contributed by atoms with Crippen LogP contribution in [0.5, 0.6) is 0 Å². The molecule has 0 aromatic heterocycles. The SMILES string of the molecule is CC(C)(SCl)C(C)(C)c1ccccc1Cl. The molecule has 1 aromatic carbocycles. The van der Waals surface area contributed by atoms with Crippen LogP contribution >= 0.6 is 33.3 Å². The van der Waals surface area contributed by atoms with Gasteiger partial charge in [-0.15, -0.1) is 0 Å². The largest absolute Gasteiger partial charge is 0.0840 e. The van der Waals surface area contributed by atoms with Crippen molar-refractivity contribution in [3.8, 4) is 0 Å². The first-order chi connectivity index (χ1) is 6.83. The van der Waals surface area contributed by atoms with Crippen LogP contribution in [-0.2, 0) is 5.41 Å². The Labute approximate surface area is 106 Å². The smallest absolute Gasteiger partial charge is 0.0443 e. The monoisotopic (exact) mass is 262 g/mol. The molecular weight excluding hydrogens is 247 g/mol. The van der Waals surface area contributed by atoms with Crippen molar-refractivity contribution in [3.63, 3.8) is 0 Å². The van der Waals surface area contributed by atoms with E-state index in [0.29, 0.717) is 0 Å². The van der Waals surface area contributed by atoms with Gasteiger partial charge >= 0.3 is 0 Å². The van der Waals surface area contributed by atoms with Crippen molar-refractivity contribution in [2.75, 3.05) is 0 Å². The van der Waals surface area contributed by atoms with E-state index in [2.05, 4.69) is 33.8 Å². The molecule has 0 fully saturated rings. The maximum Gasteiger partial charge on any atom is 0.0443 e. The van der Waals surface area contributed by atoms with Gasteiger partial charge in [0.2, 0.25) is 0 Å². The average Bonchev–Trinajstić information content (AvgIpc) is 2.18. The Morgan fingerprint density at radius 1 is 1.07 bits per heavy atom. The molecule has 0 bridgehead atoms. The fourth-order valence-electron chi connectivity index (χ4n) is 1.39. The van der Waals surface area contributed by atoms with E-state index in [1.807, 2.05) is 18.2 Å². The summed E-state index contributed by atoms with van der Waals surface area (Å²) < 4.78 is -0.0699. The maximum absolute atomic E-state index is 6.22. The molecule has 0 radical (unpaired) electrons. The van der Waals surface area contributed by atoms with Gasteiger partial charge in [0.1, 0.15) is 0 Å². The topological polar surface area (TPSA) is 0 Å². The molecule has 0 saturated heterocycles. The van der Waals surface area contributed by atoms with E-state index < -0.39 is 0 Å². The summed E-state index contributed by atoms with van der Waals surface area (Å²) >= 11 is 6.22. The number of hydrogen-bond acceptors (Lipinski definition) is 1.